The van der Waals surface area contributed by atoms with Gasteiger partial charge in [-0.1, -0.05) is 20.3 Å². The van der Waals surface area contributed by atoms with E-state index in [9.17, 15) is 9.59 Å². The van der Waals surface area contributed by atoms with E-state index in [1.165, 1.54) is 6.92 Å². The normalized spacial score (nSPS) is 14.9. The van der Waals surface area contributed by atoms with Crippen molar-refractivity contribution in [2.75, 3.05) is 0 Å². The Morgan fingerprint density at radius 2 is 2.00 bits per heavy atom. The molecule has 2 atom stereocenters. The molecule has 2 amide bonds. The van der Waals surface area contributed by atoms with E-state index in [2.05, 4.69) is 5.32 Å². The lowest BCUT2D eigenvalue weighted by molar-refractivity contribution is -0.127. The second-order valence-corrected chi connectivity index (χ2v) is 2.97. The average Bonchev–Trinajstić information content (AvgIpc) is 1.98. The molecule has 0 radical (unpaired) electrons. The Kier molecular flexibility index (Phi) is 4.33. The molecule has 0 aliphatic carbocycles. The van der Waals surface area contributed by atoms with Crippen LogP contribution in [0.5, 0.6) is 0 Å². The highest BCUT2D eigenvalue weighted by Gasteiger charge is 2.21. The van der Waals surface area contributed by atoms with E-state index in [1.807, 2.05) is 13.8 Å². The number of primary amides is 1. The summed E-state index contributed by atoms with van der Waals surface area (Å²) in [5.41, 5.74) is 5.11. The SMILES string of the molecule is CC[C@H](C)[C@H](NC(C)=O)C(N)=O. The minimum Gasteiger partial charge on any atom is -0.368 e. The van der Waals surface area contributed by atoms with Gasteiger partial charge < -0.3 is 11.1 Å². The molecule has 0 aromatic carbocycles. The van der Waals surface area contributed by atoms with Gasteiger partial charge in [-0.2, -0.15) is 0 Å². The third kappa shape index (κ3) is 3.37. The number of hydrogen-bond donors (Lipinski definition) is 2. The molecule has 0 rings (SSSR count). The highest BCUT2D eigenvalue weighted by atomic mass is 16.2. The van der Waals surface area contributed by atoms with Crippen molar-refractivity contribution in [2.45, 2.75) is 33.2 Å². The van der Waals surface area contributed by atoms with Gasteiger partial charge in [0, 0.05) is 6.92 Å². The van der Waals surface area contributed by atoms with Crippen molar-refractivity contribution in [3.05, 3.63) is 0 Å². The van der Waals surface area contributed by atoms with Crippen LogP contribution in [0.1, 0.15) is 27.2 Å². The van der Waals surface area contributed by atoms with Crippen molar-refractivity contribution in [1.29, 1.82) is 0 Å². The van der Waals surface area contributed by atoms with E-state index in [0.29, 0.717) is 0 Å². The molecule has 0 aliphatic rings. The molecule has 12 heavy (non-hydrogen) atoms. The average molecular weight is 172 g/mol. The first-order valence-corrected chi connectivity index (χ1v) is 4.05. The Balaban J connectivity index is 4.22. The summed E-state index contributed by atoms with van der Waals surface area (Å²) >= 11 is 0. The van der Waals surface area contributed by atoms with Crippen LogP contribution in [-0.2, 0) is 9.59 Å². The molecule has 0 saturated heterocycles. The maximum absolute atomic E-state index is 10.8. The van der Waals surface area contributed by atoms with Gasteiger partial charge in [-0.3, -0.25) is 9.59 Å². The summed E-state index contributed by atoms with van der Waals surface area (Å²) in [6.07, 6.45) is 0.813. The zero-order valence-corrected chi connectivity index (χ0v) is 7.76. The Bertz CT molecular complexity index is 180. The van der Waals surface area contributed by atoms with Crippen LogP contribution in [0, 0.1) is 5.92 Å². The molecule has 0 bridgehead atoms. The van der Waals surface area contributed by atoms with Crippen LogP contribution in [0.25, 0.3) is 0 Å². The third-order valence-electron chi connectivity index (χ3n) is 1.88. The smallest absolute Gasteiger partial charge is 0.240 e. The number of carbonyl (C=O) groups excluding carboxylic acids is 2. The topological polar surface area (TPSA) is 72.2 Å². The fourth-order valence-electron chi connectivity index (χ4n) is 0.948. The van der Waals surface area contributed by atoms with Crippen molar-refractivity contribution >= 4 is 11.8 Å². The van der Waals surface area contributed by atoms with E-state index in [1.54, 1.807) is 0 Å². The van der Waals surface area contributed by atoms with Gasteiger partial charge in [0.1, 0.15) is 6.04 Å². The van der Waals surface area contributed by atoms with Gasteiger partial charge in [0.2, 0.25) is 11.8 Å². The standard InChI is InChI=1S/C8H16N2O2/c1-4-5(2)7(8(9)12)10-6(3)11/h5,7H,4H2,1-3H3,(H2,9,12)(H,10,11)/t5-,7-/m0/s1. The Morgan fingerprint density at radius 1 is 1.50 bits per heavy atom. The van der Waals surface area contributed by atoms with Crippen LogP contribution in [0.4, 0.5) is 0 Å². The maximum atomic E-state index is 10.8. The second-order valence-electron chi connectivity index (χ2n) is 2.97. The van der Waals surface area contributed by atoms with Crippen molar-refractivity contribution in [1.82, 2.24) is 5.32 Å². The zero-order chi connectivity index (χ0) is 9.72. The lowest BCUT2D eigenvalue weighted by Gasteiger charge is -2.19. The molecule has 0 unspecified atom stereocenters. The molecular formula is C8H16N2O2. The summed E-state index contributed by atoms with van der Waals surface area (Å²) in [6.45, 7) is 5.20. The lowest BCUT2D eigenvalue weighted by atomic mass is 9.99. The molecule has 4 nitrogen and oxygen atoms in total. The van der Waals surface area contributed by atoms with Crippen LogP contribution in [0.2, 0.25) is 0 Å². The summed E-state index contributed by atoms with van der Waals surface area (Å²) in [6, 6.07) is -0.535. The number of nitrogens with two attached hydrogens (primary N) is 1. The third-order valence-corrected chi connectivity index (χ3v) is 1.88. The van der Waals surface area contributed by atoms with E-state index >= 15 is 0 Å². The molecule has 0 fully saturated rings. The zero-order valence-electron chi connectivity index (χ0n) is 7.76. The van der Waals surface area contributed by atoms with Crippen LogP contribution in [-0.4, -0.2) is 17.9 Å². The molecule has 3 N–H and O–H groups in total. The second kappa shape index (κ2) is 4.74. The summed E-state index contributed by atoms with van der Waals surface area (Å²) < 4.78 is 0. The summed E-state index contributed by atoms with van der Waals surface area (Å²) in [4.78, 5) is 21.5. The summed E-state index contributed by atoms with van der Waals surface area (Å²) in [5.74, 6) is -0.606. The van der Waals surface area contributed by atoms with Crippen molar-refractivity contribution in [2.24, 2.45) is 11.7 Å². The van der Waals surface area contributed by atoms with Gasteiger partial charge in [0.05, 0.1) is 0 Å². The van der Waals surface area contributed by atoms with E-state index < -0.39 is 11.9 Å². The van der Waals surface area contributed by atoms with Crippen LogP contribution >= 0.6 is 0 Å². The van der Waals surface area contributed by atoms with Crippen molar-refractivity contribution in [3.8, 4) is 0 Å². The predicted molar refractivity (Wildman–Crippen MR) is 46.3 cm³/mol. The number of rotatable bonds is 4. The lowest BCUT2D eigenvalue weighted by Crippen LogP contribution is -2.47. The van der Waals surface area contributed by atoms with Gasteiger partial charge in [0.25, 0.3) is 0 Å². The van der Waals surface area contributed by atoms with E-state index in [0.717, 1.165) is 6.42 Å². The fraction of sp³-hybridized carbons (Fsp3) is 0.750. The molecule has 0 heterocycles. The maximum Gasteiger partial charge on any atom is 0.240 e. The first kappa shape index (κ1) is 10.9. The Hall–Kier alpha value is -1.06. The number of carbonyl (C=O) groups is 2. The molecule has 0 aliphatic heterocycles. The van der Waals surface area contributed by atoms with Gasteiger partial charge in [0.15, 0.2) is 0 Å². The Labute approximate surface area is 72.5 Å². The molecule has 4 heteroatoms. The fourth-order valence-corrected chi connectivity index (χ4v) is 0.948. The minimum atomic E-state index is -0.535. The first-order valence-electron chi connectivity index (χ1n) is 4.05. The quantitative estimate of drug-likeness (QED) is 0.627. The van der Waals surface area contributed by atoms with Crippen molar-refractivity contribution in [3.63, 3.8) is 0 Å². The Morgan fingerprint density at radius 3 is 2.25 bits per heavy atom. The van der Waals surface area contributed by atoms with Gasteiger partial charge in [-0.15, -0.1) is 0 Å². The van der Waals surface area contributed by atoms with Crippen LogP contribution < -0.4 is 11.1 Å². The van der Waals surface area contributed by atoms with Crippen LogP contribution in [0.15, 0.2) is 0 Å². The van der Waals surface area contributed by atoms with Gasteiger partial charge in [-0.05, 0) is 5.92 Å². The largest absolute Gasteiger partial charge is 0.368 e. The number of hydrogen-bond acceptors (Lipinski definition) is 2. The van der Waals surface area contributed by atoms with E-state index in [4.69, 9.17) is 5.73 Å². The first-order chi connectivity index (χ1) is 5.49. The molecule has 0 aromatic rings. The van der Waals surface area contributed by atoms with Gasteiger partial charge >= 0.3 is 0 Å². The number of amides is 2. The summed E-state index contributed by atoms with van der Waals surface area (Å²) in [5, 5.41) is 2.52. The van der Waals surface area contributed by atoms with E-state index in [-0.39, 0.29) is 11.8 Å². The molecule has 0 spiro atoms. The van der Waals surface area contributed by atoms with Gasteiger partial charge in [-0.25, -0.2) is 0 Å². The molecule has 0 aromatic heterocycles. The molecule has 70 valence electrons. The highest BCUT2D eigenvalue weighted by Crippen LogP contribution is 2.06. The highest BCUT2D eigenvalue weighted by molar-refractivity contribution is 5.85. The molecule has 0 saturated carbocycles. The van der Waals surface area contributed by atoms with Crippen LogP contribution in [0.3, 0.4) is 0 Å². The van der Waals surface area contributed by atoms with Crippen molar-refractivity contribution < 1.29 is 9.59 Å². The summed E-state index contributed by atoms with van der Waals surface area (Å²) in [7, 11) is 0. The monoisotopic (exact) mass is 172 g/mol. The molecular weight excluding hydrogens is 156 g/mol. The predicted octanol–water partition coefficient (Wildman–Crippen LogP) is 0.0225. The number of nitrogens with one attached hydrogen (secondary N) is 1. The minimum absolute atomic E-state index is 0.0893.